The van der Waals surface area contributed by atoms with E-state index in [1.807, 2.05) is 0 Å². The molecule has 2 nitrogen and oxygen atoms in total. The van der Waals surface area contributed by atoms with Crippen LogP contribution in [0.3, 0.4) is 0 Å². The second-order valence-electron chi connectivity index (χ2n) is 1.08. The van der Waals surface area contributed by atoms with Crippen LogP contribution in [0.2, 0.25) is 0 Å². The summed E-state index contributed by atoms with van der Waals surface area (Å²) in [5.41, 5.74) is 0. The summed E-state index contributed by atoms with van der Waals surface area (Å²) in [6.07, 6.45) is 1.64. The van der Waals surface area contributed by atoms with E-state index in [9.17, 15) is 8.63 Å². The molecule has 0 saturated carbocycles. The zero-order valence-corrected chi connectivity index (χ0v) is 4.30. The fourth-order valence-corrected chi connectivity index (χ4v) is 0.279. The van der Waals surface area contributed by atoms with E-state index in [0.29, 0.717) is 0 Å². The van der Waals surface area contributed by atoms with Gasteiger partial charge in [-0.05, 0) is 0 Å². The standard InChI is InChI=1S/C2H2BF2O2.Li/c4-3(5)6-1-2-7-3;/h1-2H;/q-1;+1. The monoisotopic (exact) mass is 114 g/mol. The van der Waals surface area contributed by atoms with Gasteiger partial charge in [-0.2, -0.15) is 0 Å². The van der Waals surface area contributed by atoms with E-state index < -0.39 is 7.11 Å². The molecule has 0 N–H and O–H groups in total. The Labute approximate surface area is 57.1 Å². The predicted molar refractivity (Wildman–Crippen MR) is 19.3 cm³/mol. The maximum Gasteiger partial charge on any atom is 1.00 e. The number of rotatable bonds is 0. The van der Waals surface area contributed by atoms with E-state index in [1.165, 1.54) is 0 Å². The van der Waals surface area contributed by atoms with Gasteiger partial charge in [0.05, 0.1) is 12.5 Å². The van der Waals surface area contributed by atoms with Gasteiger partial charge in [0.15, 0.2) is 0 Å². The molecule has 0 aromatic carbocycles. The number of hydrogen-bond acceptors (Lipinski definition) is 2. The van der Waals surface area contributed by atoms with Crippen molar-refractivity contribution < 1.29 is 36.8 Å². The van der Waals surface area contributed by atoms with Crippen LogP contribution in [0, 0.1) is 0 Å². The molecule has 1 rings (SSSR count). The van der Waals surface area contributed by atoms with E-state index in [-0.39, 0.29) is 18.9 Å². The van der Waals surface area contributed by atoms with Crippen molar-refractivity contribution in [3.05, 3.63) is 12.5 Å². The average molecular weight is 114 g/mol. The summed E-state index contributed by atoms with van der Waals surface area (Å²) in [6, 6.07) is 0. The Hall–Kier alpha value is -0.138. The molecule has 6 heteroatoms. The third-order valence-electron chi connectivity index (χ3n) is 0.530. The molecule has 0 spiro atoms. The number of halogens is 2. The summed E-state index contributed by atoms with van der Waals surface area (Å²) in [7, 11) is -3.97. The van der Waals surface area contributed by atoms with Crippen molar-refractivity contribution in [1.82, 2.24) is 0 Å². The molecular weight excluding hydrogens is 112 g/mol. The largest absolute Gasteiger partial charge is 1.00 e. The Morgan fingerprint density at radius 1 is 1.12 bits per heavy atom. The van der Waals surface area contributed by atoms with Gasteiger partial charge in [-0.3, -0.25) is 0 Å². The Kier molecular flexibility index (Phi) is 2.38. The summed E-state index contributed by atoms with van der Waals surface area (Å²) >= 11 is 0. The molecule has 1 aliphatic rings. The van der Waals surface area contributed by atoms with Gasteiger partial charge < -0.3 is 17.9 Å². The average Bonchev–Trinajstić information content (AvgIpc) is 1.84. The van der Waals surface area contributed by atoms with E-state index in [4.69, 9.17) is 0 Å². The van der Waals surface area contributed by atoms with Crippen molar-refractivity contribution in [2.45, 2.75) is 0 Å². The van der Waals surface area contributed by atoms with Crippen LogP contribution in [0.15, 0.2) is 12.5 Å². The molecule has 0 saturated heterocycles. The molecule has 0 fully saturated rings. The molecule has 0 unspecified atom stereocenters. The Balaban J connectivity index is 0.000000490. The zero-order valence-electron chi connectivity index (χ0n) is 4.30. The van der Waals surface area contributed by atoms with E-state index >= 15 is 0 Å². The molecule has 0 atom stereocenters. The van der Waals surface area contributed by atoms with Crippen LogP contribution in [0.1, 0.15) is 0 Å². The zero-order chi connectivity index (χ0) is 5.33. The van der Waals surface area contributed by atoms with Crippen LogP contribution >= 0.6 is 0 Å². The summed E-state index contributed by atoms with van der Waals surface area (Å²) in [4.78, 5) is 0. The first-order chi connectivity index (χ1) is 3.21. The van der Waals surface area contributed by atoms with Crippen LogP contribution in [-0.2, 0) is 9.31 Å². The number of hydrogen-bond donors (Lipinski definition) is 0. The first kappa shape index (κ1) is 7.86. The van der Waals surface area contributed by atoms with Gasteiger partial charge in [0, 0.05) is 0 Å². The minimum Gasteiger partial charge on any atom is -0.631 e. The van der Waals surface area contributed by atoms with Crippen molar-refractivity contribution in [2.24, 2.45) is 0 Å². The van der Waals surface area contributed by atoms with Gasteiger partial charge in [-0.15, -0.1) is 0 Å². The molecule has 0 aromatic rings. The summed E-state index contributed by atoms with van der Waals surface area (Å²) in [5.74, 6) is 0. The van der Waals surface area contributed by atoms with Gasteiger partial charge in [-0.25, -0.2) is 0 Å². The molecule has 0 aliphatic carbocycles. The molecule has 0 aromatic heterocycles. The second-order valence-corrected chi connectivity index (χ2v) is 1.08. The second kappa shape index (κ2) is 2.42. The molecule has 1 aliphatic heterocycles. The molecule has 1 heterocycles. The summed E-state index contributed by atoms with van der Waals surface area (Å²) < 4.78 is 30.3. The maximum absolute atomic E-state index is 11.5. The predicted octanol–water partition coefficient (Wildman–Crippen LogP) is -2.12. The normalized spacial score (nSPS) is 20.8. The third kappa shape index (κ3) is 1.76. The minimum absolute atomic E-state index is 0. The van der Waals surface area contributed by atoms with Gasteiger partial charge in [0.25, 0.3) is 0 Å². The summed E-state index contributed by atoms with van der Waals surface area (Å²) in [5, 5.41) is 0. The van der Waals surface area contributed by atoms with Gasteiger partial charge in [0.2, 0.25) is 0 Å². The van der Waals surface area contributed by atoms with Crippen molar-refractivity contribution in [3.8, 4) is 0 Å². The molecule has 8 heavy (non-hydrogen) atoms. The molecule has 40 valence electrons. The minimum atomic E-state index is -3.97. The topological polar surface area (TPSA) is 18.5 Å². The van der Waals surface area contributed by atoms with Crippen molar-refractivity contribution in [2.75, 3.05) is 0 Å². The smallest absolute Gasteiger partial charge is 0.631 e. The van der Waals surface area contributed by atoms with Crippen LogP contribution in [0.25, 0.3) is 0 Å². The molecular formula is C2H2BF2LiO2. The fraction of sp³-hybridized carbons (Fsp3) is 0. The van der Waals surface area contributed by atoms with E-state index in [0.717, 1.165) is 12.5 Å². The molecule has 0 amide bonds. The van der Waals surface area contributed by atoms with Crippen LogP contribution in [0.5, 0.6) is 0 Å². The molecule has 0 radical (unpaired) electrons. The first-order valence-electron chi connectivity index (χ1n) is 1.71. The third-order valence-corrected chi connectivity index (χ3v) is 0.530. The molecule has 0 bridgehead atoms. The Morgan fingerprint density at radius 3 is 1.62 bits per heavy atom. The maximum atomic E-state index is 11.5. The van der Waals surface area contributed by atoms with Crippen LogP contribution in [0.4, 0.5) is 8.63 Å². The van der Waals surface area contributed by atoms with Crippen molar-refractivity contribution >= 4 is 7.11 Å². The summed E-state index contributed by atoms with van der Waals surface area (Å²) in [6.45, 7) is 0. The van der Waals surface area contributed by atoms with Gasteiger partial charge in [0.1, 0.15) is 0 Å². The van der Waals surface area contributed by atoms with Gasteiger partial charge >= 0.3 is 26.0 Å². The SMILES string of the molecule is F[B-]1(F)OC=CO1.[Li+]. The van der Waals surface area contributed by atoms with Crippen molar-refractivity contribution in [1.29, 1.82) is 0 Å². The quantitative estimate of drug-likeness (QED) is 0.335. The van der Waals surface area contributed by atoms with E-state index in [1.54, 1.807) is 0 Å². The Morgan fingerprint density at radius 2 is 1.50 bits per heavy atom. The first-order valence-corrected chi connectivity index (χ1v) is 1.71. The fourth-order valence-electron chi connectivity index (χ4n) is 0.279. The van der Waals surface area contributed by atoms with Gasteiger partial charge in [-0.1, -0.05) is 0 Å². The Bertz CT molecular complexity index is 96.2. The van der Waals surface area contributed by atoms with Crippen LogP contribution in [-0.4, -0.2) is 7.11 Å². The van der Waals surface area contributed by atoms with Crippen LogP contribution < -0.4 is 18.9 Å². The van der Waals surface area contributed by atoms with E-state index in [2.05, 4.69) is 9.31 Å². The van der Waals surface area contributed by atoms with Crippen molar-refractivity contribution in [3.63, 3.8) is 0 Å².